The lowest BCUT2D eigenvalue weighted by atomic mass is 10.1. The molecule has 0 bridgehead atoms. The van der Waals surface area contributed by atoms with Gasteiger partial charge in [-0.05, 0) is 37.1 Å². The zero-order chi connectivity index (χ0) is 15.3. The average Bonchev–Trinajstić information content (AvgIpc) is 2.28. The fourth-order valence-electron chi connectivity index (χ4n) is 1.75. The molecule has 0 unspecified atom stereocenters. The van der Waals surface area contributed by atoms with Crippen LogP contribution < -0.4 is 11.1 Å². The summed E-state index contributed by atoms with van der Waals surface area (Å²) in [7, 11) is 0. The van der Waals surface area contributed by atoms with Gasteiger partial charge in [0.25, 0.3) is 0 Å². The van der Waals surface area contributed by atoms with Crippen molar-refractivity contribution in [1.29, 1.82) is 0 Å². The van der Waals surface area contributed by atoms with Crippen LogP contribution in [0.1, 0.15) is 17.5 Å². The van der Waals surface area contributed by atoms with E-state index in [2.05, 4.69) is 10.1 Å². The minimum Gasteiger partial charge on any atom is -0.399 e. The quantitative estimate of drug-likeness (QED) is 0.647. The number of alkyl halides is 3. The molecule has 3 N–H and O–H groups in total. The fraction of sp³-hybridized carbons (Fsp3) is 0.462. The van der Waals surface area contributed by atoms with E-state index in [1.54, 1.807) is 26.0 Å². The summed E-state index contributed by atoms with van der Waals surface area (Å²) >= 11 is 0. The molecule has 0 saturated carbocycles. The highest BCUT2D eigenvalue weighted by atomic mass is 19.4. The standard InChI is InChI=1S/C13H17F3N2O2/c1-8-5-10(17)6-9(2)12(8)18-11(19)3-4-20-7-13(14,15)16/h5-6H,3-4,7,17H2,1-2H3,(H,18,19). The maximum Gasteiger partial charge on any atom is 0.411 e. The van der Waals surface area contributed by atoms with E-state index in [1.165, 1.54) is 0 Å². The van der Waals surface area contributed by atoms with Crippen LogP contribution in [-0.2, 0) is 9.53 Å². The highest BCUT2D eigenvalue weighted by Gasteiger charge is 2.27. The molecule has 112 valence electrons. The molecule has 4 nitrogen and oxygen atoms in total. The highest BCUT2D eigenvalue weighted by molar-refractivity contribution is 5.92. The van der Waals surface area contributed by atoms with Gasteiger partial charge < -0.3 is 15.8 Å². The number of carbonyl (C=O) groups excluding carboxylic acids is 1. The molecule has 20 heavy (non-hydrogen) atoms. The number of benzene rings is 1. The largest absolute Gasteiger partial charge is 0.411 e. The molecule has 0 aliphatic rings. The minimum absolute atomic E-state index is 0.140. The third-order valence-corrected chi connectivity index (χ3v) is 2.56. The van der Waals surface area contributed by atoms with Gasteiger partial charge in [0.1, 0.15) is 6.61 Å². The van der Waals surface area contributed by atoms with Crippen molar-refractivity contribution in [2.75, 3.05) is 24.3 Å². The van der Waals surface area contributed by atoms with Gasteiger partial charge in [0.15, 0.2) is 0 Å². The first-order valence-electron chi connectivity index (χ1n) is 6.00. The summed E-state index contributed by atoms with van der Waals surface area (Å²) in [6, 6.07) is 3.42. The van der Waals surface area contributed by atoms with E-state index >= 15 is 0 Å². The Labute approximate surface area is 115 Å². The first-order chi connectivity index (χ1) is 9.19. The number of halogens is 3. The van der Waals surface area contributed by atoms with Crippen LogP contribution in [-0.4, -0.2) is 25.3 Å². The lowest BCUT2D eigenvalue weighted by Crippen LogP contribution is -2.20. The Hall–Kier alpha value is -1.76. The van der Waals surface area contributed by atoms with Gasteiger partial charge in [0, 0.05) is 11.4 Å². The molecule has 7 heteroatoms. The van der Waals surface area contributed by atoms with Crippen molar-refractivity contribution in [3.8, 4) is 0 Å². The molecule has 0 atom stereocenters. The Balaban J connectivity index is 2.47. The van der Waals surface area contributed by atoms with Gasteiger partial charge in [-0.25, -0.2) is 0 Å². The van der Waals surface area contributed by atoms with Crippen LogP contribution in [0, 0.1) is 13.8 Å². The van der Waals surface area contributed by atoms with E-state index in [0.29, 0.717) is 11.4 Å². The molecule has 0 aromatic heterocycles. The molecule has 1 aromatic carbocycles. The van der Waals surface area contributed by atoms with Crippen molar-refractivity contribution in [2.45, 2.75) is 26.4 Å². The molecule has 0 saturated heterocycles. The molecule has 0 spiro atoms. The molecule has 1 rings (SSSR count). The molecule has 0 aliphatic heterocycles. The third kappa shape index (κ3) is 5.48. The first-order valence-corrected chi connectivity index (χ1v) is 6.00. The zero-order valence-electron chi connectivity index (χ0n) is 11.3. The topological polar surface area (TPSA) is 64.3 Å². The number of ether oxygens (including phenoxy) is 1. The number of hydrogen-bond acceptors (Lipinski definition) is 3. The van der Waals surface area contributed by atoms with Gasteiger partial charge in [-0.3, -0.25) is 4.79 Å². The molecule has 0 heterocycles. The number of amides is 1. The molecular weight excluding hydrogens is 273 g/mol. The van der Waals surface area contributed by atoms with Crippen molar-refractivity contribution < 1.29 is 22.7 Å². The summed E-state index contributed by atoms with van der Waals surface area (Å²) in [5.41, 5.74) is 8.47. The number of carbonyl (C=O) groups is 1. The van der Waals surface area contributed by atoms with Gasteiger partial charge in [-0.15, -0.1) is 0 Å². The Morgan fingerprint density at radius 1 is 1.30 bits per heavy atom. The molecule has 0 aliphatic carbocycles. The molecule has 1 aromatic rings. The van der Waals surface area contributed by atoms with Crippen LogP contribution in [0.25, 0.3) is 0 Å². The van der Waals surface area contributed by atoms with Crippen molar-refractivity contribution in [2.24, 2.45) is 0 Å². The van der Waals surface area contributed by atoms with Crippen LogP contribution in [0.15, 0.2) is 12.1 Å². The van der Waals surface area contributed by atoms with E-state index in [0.717, 1.165) is 11.1 Å². The number of rotatable bonds is 5. The summed E-state index contributed by atoms with van der Waals surface area (Å²) in [4.78, 5) is 11.6. The predicted octanol–water partition coefficient (Wildman–Crippen LogP) is 2.79. The number of nitrogens with one attached hydrogen (secondary N) is 1. The molecule has 1 amide bonds. The van der Waals surface area contributed by atoms with Crippen molar-refractivity contribution >= 4 is 17.3 Å². The maximum atomic E-state index is 11.8. The molecule has 0 radical (unpaired) electrons. The predicted molar refractivity (Wildman–Crippen MR) is 70.4 cm³/mol. The van der Waals surface area contributed by atoms with E-state index in [-0.39, 0.29) is 13.0 Å². The second kappa shape index (κ2) is 6.60. The second-order valence-corrected chi connectivity index (χ2v) is 4.50. The monoisotopic (exact) mass is 290 g/mol. The van der Waals surface area contributed by atoms with Gasteiger partial charge >= 0.3 is 6.18 Å². The number of hydrogen-bond donors (Lipinski definition) is 2. The smallest absolute Gasteiger partial charge is 0.399 e. The lowest BCUT2D eigenvalue weighted by Gasteiger charge is -2.13. The first kappa shape index (κ1) is 16.3. The van der Waals surface area contributed by atoms with E-state index in [9.17, 15) is 18.0 Å². The Morgan fingerprint density at radius 2 is 1.85 bits per heavy atom. The third-order valence-electron chi connectivity index (χ3n) is 2.56. The van der Waals surface area contributed by atoms with Crippen molar-refractivity contribution in [1.82, 2.24) is 0 Å². The number of nitrogen functional groups attached to an aromatic ring is 1. The maximum absolute atomic E-state index is 11.8. The van der Waals surface area contributed by atoms with Gasteiger partial charge in [-0.2, -0.15) is 13.2 Å². The Morgan fingerprint density at radius 3 is 2.35 bits per heavy atom. The van der Waals surface area contributed by atoms with Gasteiger partial charge in [-0.1, -0.05) is 0 Å². The summed E-state index contributed by atoms with van der Waals surface area (Å²) in [5, 5.41) is 2.65. The molecular formula is C13H17F3N2O2. The molecule has 0 fully saturated rings. The summed E-state index contributed by atoms with van der Waals surface area (Å²) < 4.78 is 39.9. The van der Waals surface area contributed by atoms with Crippen LogP contribution in [0.4, 0.5) is 24.5 Å². The van der Waals surface area contributed by atoms with E-state index in [4.69, 9.17) is 5.73 Å². The number of aryl methyl sites for hydroxylation is 2. The average molecular weight is 290 g/mol. The number of anilines is 2. The summed E-state index contributed by atoms with van der Waals surface area (Å²) in [6.45, 7) is 1.96. The van der Waals surface area contributed by atoms with Crippen molar-refractivity contribution in [3.05, 3.63) is 23.3 Å². The number of nitrogens with two attached hydrogens (primary N) is 1. The van der Waals surface area contributed by atoms with Gasteiger partial charge in [0.05, 0.1) is 13.0 Å². The van der Waals surface area contributed by atoms with Crippen LogP contribution in [0.5, 0.6) is 0 Å². The van der Waals surface area contributed by atoms with Crippen LogP contribution >= 0.6 is 0 Å². The zero-order valence-corrected chi connectivity index (χ0v) is 11.3. The normalized spacial score (nSPS) is 11.4. The SMILES string of the molecule is Cc1cc(N)cc(C)c1NC(=O)CCOCC(F)(F)F. The van der Waals surface area contributed by atoms with Gasteiger partial charge in [0.2, 0.25) is 5.91 Å². The van der Waals surface area contributed by atoms with Crippen LogP contribution in [0.2, 0.25) is 0 Å². The minimum atomic E-state index is -4.37. The summed E-state index contributed by atoms with van der Waals surface area (Å²) in [5.74, 6) is -0.400. The Bertz CT molecular complexity index is 464. The highest BCUT2D eigenvalue weighted by Crippen LogP contribution is 2.23. The Kier molecular flexibility index (Phi) is 5.38. The fourth-order valence-corrected chi connectivity index (χ4v) is 1.75. The van der Waals surface area contributed by atoms with Crippen molar-refractivity contribution in [3.63, 3.8) is 0 Å². The van der Waals surface area contributed by atoms with E-state index < -0.39 is 18.7 Å². The second-order valence-electron chi connectivity index (χ2n) is 4.50. The lowest BCUT2D eigenvalue weighted by molar-refractivity contribution is -0.174. The van der Waals surface area contributed by atoms with Crippen LogP contribution in [0.3, 0.4) is 0 Å². The van der Waals surface area contributed by atoms with E-state index in [1.807, 2.05) is 0 Å². The summed E-state index contributed by atoms with van der Waals surface area (Å²) in [6.07, 6.45) is -4.51.